The van der Waals surface area contributed by atoms with Gasteiger partial charge in [0.15, 0.2) is 17.3 Å². The number of carbonyl (C=O) groups excluding carboxylic acids is 1. The number of hydrogen-bond acceptors (Lipinski definition) is 4. The van der Waals surface area contributed by atoms with Gasteiger partial charge >= 0.3 is 0 Å². The van der Waals surface area contributed by atoms with Crippen LogP contribution in [0.25, 0.3) is 0 Å². The third-order valence-corrected chi connectivity index (χ3v) is 5.58. The van der Waals surface area contributed by atoms with Crippen LogP contribution >= 0.6 is 0 Å². The maximum Gasteiger partial charge on any atom is 0.231 e. The summed E-state index contributed by atoms with van der Waals surface area (Å²) in [4.78, 5) is 12.2. The zero-order valence-electron chi connectivity index (χ0n) is 14.9. The Balaban J connectivity index is 1.61. The van der Waals surface area contributed by atoms with Crippen molar-refractivity contribution in [1.82, 2.24) is 5.32 Å². The summed E-state index contributed by atoms with van der Waals surface area (Å²) in [5.74, 6) is 2.46. The van der Waals surface area contributed by atoms with Gasteiger partial charge in [-0.05, 0) is 41.9 Å². The molecule has 0 radical (unpaired) electrons. The molecule has 0 saturated heterocycles. The predicted molar refractivity (Wildman–Crippen MR) is 93.9 cm³/mol. The second kappa shape index (κ2) is 6.88. The van der Waals surface area contributed by atoms with Crippen LogP contribution in [0.4, 0.5) is 0 Å². The van der Waals surface area contributed by atoms with Crippen molar-refractivity contribution >= 4 is 5.78 Å². The third-order valence-electron chi connectivity index (χ3n) is 5.58. The number of Topliss-reactive ketones (excluding diaryl/α,β-unsaturated/α-hetero) is 1. The van der Waals surface area contributed by atoms with E-state index in [9.17, 15) is 4.79 Å². The zero-order valence-corrected chi connectivity index (χ0v) is 14.9. The molecule has 0 bridgehead atoms. The highest BCUT2D eigenvalue weighted by atomic mass is 16.7. The van der Waals surface area contributed by atoms with Gasteiger partial charge in [0, 0.05) is 24.7 Å². The Labute approximate surface area is 144 Å². The Bertz CT molecular complexity index is 648. The molecule has 1 N–H and O–H groups in total. The van der Waals surface area contributed by atoms with Gasteiger partial charge in [-0.25, -0.2) is 0 Å². The van der Waals surface area contributed by atoms with Crippen LogP contribution in [0.2, 0.25) is 0 Å². The third kappa shape index (κ3) is 3.58. The number of rotatable bonds is 5. The average molecular weight is 329 g/mol. The van der Waals surface area contributed by atoms with E-state index in [1.807, 2.05) is 24.4 Å². The van der Waals surface area contributed by atoms with E-state index < -0.39 is 0 Å². The fourth-order valence-corrected chi connectivity index (χ4v) is 3.39. The number of fused-ring (bicyclic) bond motifs is 1. The molecule has 130 valence electrons. The molecule has 1 atom stereocenters. The first kappa shape index (κ1) is 16.9. The standard InChI is InChI=1S/C20H27NO3/c1-4-20(2,3)16-6-7-17(22)15(10-16)12-21-11-14-5-8-18-19(9-14)24-13-23-18/h5,8-9,12,16,21H,4,6-7,10-11,13H2,1-3H3/b15-12+/t16-/m0/s1. The lowest BCUT2D eigenvalue weighted by molar-refractivity contribution is -0.117. The molecule has 1 aliphatic heterocycles. The van der Waals surface area contributed by atoms with E-state index in [0.29, 0.717) is 25.7 Å². The number of hydrogen-bond donors (Lipinski definition) is 1. The van der Waals surface area contributed by atoms with Gasteiger partial charge in [-0.15, -0.1) is 0 Å². The average Bonchev–Trinajstić information content (AvgIpc) is 3.04. The summed E-state index contributed by atoms with van der Waals surface area (Å²) >= 11 is 0. The van der Waals surface area contributed by atoms with Gasteiger partial charge in [-0.3, -0.25) is 4.79 Å². The van der Waals surface area contributed by atoms with E-state index in [1.54, 1.807) is 0 Å². The van der Waals surface area contributed by atoms with Gasteiger partial charge in [0.2, 0.25) is 6.79 Å². The van der Waals surface area contributed by atoms with Crippen LogP contribution in [0, 0.1) is 11.3 Å². The van der Waals surface area contributed by atoms with Crippen LogP contribution in [-0.4, -0.2) is 12.6 Å². The van der Waals surface area contributed by atoms with Gasteiger partial charge in [-0.2, -0.15) is 0 Å². The molecule has 2 aliphatic rings. The SMILES string of the molecule is CCC(C)(C)[C@H]1CCC(=O)/C(=C/NCc2ccc3c(c2)OCO3)C1. The van der Waals surface area contributed by atoms with E-state index in [1.165, 1.54) is 0 Å². The molecule has 1 aromatic rings. The maximum absolute atomic E-state index is 12.2. The Morgan fingerprint density at radius 3 is 2.88 bits per heavy atom. The van der Waals surface area contributed by atoms with Crippen LogP contribution in [0.5, 0.6) is 11.5 Å². The molecule has 1 saturated carbocycles. The van der Waals surface area contributed by atoms with E-state index in [-0.39, 0.29) is 11.2 Å². The predicted octanol–water partition coefficient (Wildman–Crippen LogP) is 4.19. The Kier molecular flexibility index (Phi) is 4.83. The molecule has 24 heavy (non-hydrogen) atoms. The van der Waals surface area contributed by atoms with E-state index in [2.05, 4.69) is 26.1 Å². The smallest absolute Gasteiger partial charge is 0.231 e. The van der Waals surface area contributed by atoms with Crippen LogP contribution in [0.15, 0.2) is 30.0 Å². The quantitative estimate of drug-likeness (QED) is 0.823. The zero-order chi connectivity index (χ0) is 17.2. The van der Waals surface area contributed by atoms with Crippen molar-refractivity contribution in [1.29, 1.82) is 0 Å². The number of allylic oxidation sites excluding steroid dienone is 1. The molecule has 4 nitrogen and oxygen atoms in total. The molecule has 1 fully saturated rings. The summed E-state index contributed by atoms with van der Waals surface area (Å²) in [7, 11) is 0. The molecular weight excluding hydrogens is 302 g/mol. The van der Waals surface area contributed by atoms with Crippen LogP contribution in [-0.2, 0) is 11.3 Å². The minimum Gasteiger partial charge on any atom is -0.454 e. The summed E-state index contributed by atoms with van der Waals surface area (Å²) < 4.78 is 10.7. The van der Waals surface area contributed by atoms with Gasteiger partial charge in [0.25, 0.3) is 0 Å². The van der Waals surface area contributed by atoms with Crippen molar-refractivity contribution in [2.24, 2.45) is 11.3 Å². The van der Waals surface area contributed by atoms with Crippen molar-refractivity contribution in [2.75, 3.05) is 6.79 Å². The van der Waals surface area contributed by atoms with E-state index in [0.717, 1.165) is 41.9 Å². The second-order valence-corrected chi connectivity index (χ2v) is 7.44. The lowest BCUT2D eigenvalue weighted by Crippen LogP contribution is -2.30. The molecule has 1 aliphatic carbocycles. The normalized spacial score (nSPS) is 22.0. The van der Waals surface area contributed by atoms with Gasteiger partial charge in [-0.1, -0.05) is 33.3 Å². The molecule has 4 heteroatoms. The molecule has 0 aromatic heterocycles. The molecule has 1 heterocycles. The number of ether oxygens (including phenoxy) is 2. The summed E-state index contributed by atoms with van der Waals surface area (Å²) in [6.07, 6.45) is 5.63. The first-order valence-corrected chi connectivity index (χ1v) is 8.84. The first-order valence-electron chi connectivity index (χ1n) is 8.84. The van der Waals surface area contributed by atoms with Crippen molar-refractivity contribution in [3.8, 4) is 11.5 Å². The van der Waals surface area contributed by atoms with E-state index >= 15 is 0 Å². The number of nitrogens with one attached hydrogen (secondary N) is 1. The molecule has 0 unspecified atom stereocenters. The highest BCUT2D eigenvalue weighted by molar-refractivity contribution is 5.96. The molecular formula is C20H27NO3. The van der Waals surface area contributed by atoms with Crippen molar-refractivity contribution in [3.05, 3.63) is 35.5 Å². The van der Waals surface area contributed by atoms with Crippen LogP contribution in [0.3, 0.4) is 0 Å². The van der Waals surface area contributed by atoms with Gasteiger partial charge in [0.1, 0.15) is 0 Å². The monoisotopic (exact) mass is 329 g/mol. The number of ketones is 1. The first-order chi connectivity index (χ1) is 11.5. The second-order valence-electron chi connectivity index (χ2n) is 7.44. The van der Waals surface area contributed by atoms with Crippen molar-refractivity contribution < 1.29 is 14.3 Å². The summed E-state index contributed by atoms with van der Waals surface area (Å²) in [6.45, 7) is 7.82. The van der Waals surface area contributed by atoms with Crippen molar-refractivity contribution in [2.45, 2.75) is 53.0 Å². The molecule has 3 rings (SSSR count). The maximum atomic E-state index is 12.2. The fourth-order valence-electron chi connectivity index (χ4n) is 3.39. The minimum absolute atomic E-state index is 0.288. The van der Waals surface area contributed by atoms with Crippen LogP contribution in [0.1, 0.15) is 52.0 Å². The number of carbonyl (C=O) groups is 1. The van der Waals surface area contributed by atoms with Gasteiger partial charge in [0.05, 0.1) is 0 Å². The summed E-state index contributed by atoms with van der Waals surface area (Å²) in [5.41, 5.74) is 2.34. The highest BCUT2D eigenvalue weighted by Crippen LogP contribution is 2.41. The van der Waals surface area contributed by atoms with Crippen molar-refractivity contribution in [3.63, 3.8) is 0 Å². The topological polar surface area (TPSA) is 47.6 Å². The largest absolute Gasteiger partial charge is 0.454 e. The molecule has 0 spiro atoms. The lowest BCUT2D eigenvalue weighted by Gasteiger charge is -2.36. The summed E-state index contributed by atoms with van der Waals surface area (Å²) in [6, 6.07) is 5.93. The molecule has 0 amide bonds. The molecule has 1 aromatic carbocycles. The van der Waals surface area contributed by atoms with E-state index in [4.69, 9.17) is 9.47 Å². The highest BCUT2D eigenvalue weighted by Gasteiger charge is 2.33. The number of benzene rings is 1. The van der Waals surface area contributed by atoms with Crippen LogP contribution < -0.4 is 14.8 Å². The Hall–Kier alpha value is -1.97. The Morgan fingerprint density at radius 2 is 2.08 bits per heavy atom. The lowest BCUT2D eigenvalue weighted by atomic mass is 9.68. The Morgan fingerprint density at radius 1 is 1.29 bits per heavy atom. The minimum atomic E-state index is 0.288. The fraction of sp³-hybridized carbons (Fsp3) is 0.550. The summed E-state index contributed by atoms with van der Waals surface area (Å²) in [5, 5.41) is 3.30. The van der Waals surface area contributed by atoms with Gasteiger partial charge < -0.3 is 14.8 Å².